The van der Waals surface area contributed by atoms with Crippen molar-refractivity contribution in [1.29, 1.82) is 0 Å². The Morgan fingerprint density at radius 2 is 2.00 bits per heavy atom. The molecule has 2 rings (SSSR count). The lowest BCUT2D eigenvalue weighted by molar-refractivity contribution is 0.313. The molecule has 0 saturated carbocycles. The summed E-state index contributed by atoms with van der Waals surface area (Å²) in [6, 6.07) is 10.2. The maximum atomic E-state index is 5.87. The highest BCUT2D eigenvalue weighted by Gasteiger charge is 1.99. The van der Waals surface area contributed by atoms with Crippen LogP contribution in [0.4, 0.5) is 0 Å². The predicted octanol–water partition coefficient (Wildman–Crippen LogP) is 4.19. The molecular formula is C15H18ClNOS. The average Bonchev–Trinajstić information content (AvgIpc) is 2.79. The second-order valence-corrected chi connectivity index (χ2v) is 6.28. The van der Waals surface area contributed by atoms with Gasteiger partial charge in [-0.2, -0.15) is 0 Å². The summed E-state index contributed by atoms with van der Waals surface area (Å²) >= 11 is 7.48. The first kappa shape index (κ1) is 14.4. The SMILES string of the molecule is Cc1ccc(OCCNCc2ccc(Cl)s2)cc1C. The third-order valence-corrected chi connectivity index (χ3v) is 4.19. The summed E-state index contributed by atoms with van der Waals surface area (Å²) in [7, 11) is 0. The molecule has 1 aromatic carbocycles. The Hall–Kier alpha value is -1.03. The van der Waals surface area contributed by atoms with Crippen molar-refractivity contribution >= 4 is 22.9 Å². The van der Waals surface area contributed by atoms with Crippen molar-refractivity contribution in [2.75, 3.05) is 13.2 Å². The zero-order chi connectivity index (χ0) is 13.7. The van der Waals surface area contributed by atoms with E-state index in [0.29, 0.717) is 6.61 Å². The Morgan fingerprint density at radius 3 is 2.68 bits per heavy atom. The van der Waals surface area contributed by atoms with Crippen LogP contribution >= 0.6 is 22.9 Å². The quantitative estimate of drug-likeness (QED) is 0.807. The molecule has 2 nitrogen and oxygen atoms in total. The third-order valence-electron chi connectivity index (χ3n) is 2.95. The van der Waals surface area contributed by atoms with Gasteiger partial charge in [0.2, 0.25) is 0 Å². The lowest BCUT2D eigenvalue weighted by atomic mass is 10.1. The maximum absolute atomic E-state index is 5.87. The predicted molar refractivity (Wildman–Crippen MR) is 82.4 cm³/mol. The lowest BCUT2D eigenvalue weighted by Gasteiger charge is -2.08. The van der Waals surface area contributed by atoms with E-state index in [1.54, 1.807) is 11.3 Å². The fraction of sp³-hybridized carbons (Fsp3) is 0.333. The van der Waals surface area contributed by atoms with Gasteiger partial charge in [-0.1, -0.05) is 17.7 Å². The van der Waals surface area contributed by atoms with Crippen LogP contribution in [0, 0.1) is 13.8 Å². The molecule has 0 aliphatic heterocycles. The number of aryl methyl sites for hydroxylation is 2. The van der Waals surface area contributed by atoms with Crippen LogP contribution in [0.1, 0.15) is 16.0 Å². The molecule has 0 bridgehead atoms. The van der Waals surface area contributed by atoms with E-state index in [0.717, 1.165) is 23.2 Å². The number of nitrogens with one attached hydrogen (secondary N) is 1. The molecule has 0 saturated heterocycles. The van der Waals surface area contributed by atoms with E-state index in [1.807, 2.05) is 18.2 Å². The standard InChI is InChI=1S/C15H18ClNOS/c1-11-3-4-13(9-12(11)2)18-8-7-17-10-14-5-6-15(16)19-14/h3-6,9,17H,7-8,10H2,1-2H3. The van der Waals surface area contributed by atoms with E-state index in [9.17, 15) is 0 Å². The van der Waals surface area contributed by atoms with Gasteiger partial charge in [0.1, 0.15) is 12.4 Å². The number of rotatable bonds is 6. The molecule has 4 heteroatoms. The summed E-state index contributed by atoms with van der Waals surface area (Å²) in [4.78, 5) is 1.25. The van der Waals surface area contributed by atoms with Gasteiger partial charge in [0.25, 0.3) is 0 Å². The van der Waals surface area contributed by atoms with Crippen LogP contribution < -0.4 is 10.1 Å². The van der Waals surface area contributed by atoms with Crippen LogP contribution in [0.25, 0.3) is 0 Å². The number of halogens is 1. The molecule has 0 aliphatic rings. The topological polar surface area (TPSA) is 21.3 Å². The molecule has 0 atom stereocenters. The van der Waals surface area contributed by atoms with E-state index < -0.39 is 0 Å². The number of ether oxygens (including phenoxy) is 1. The van der Waals surface area contributed by atoms with Gasteiger partial charge in [0.05, 0.1) is 4.34 Å². The lowest BCUT2D eigenvalue weighted by Crippen LogP contribution is -2.20. The van der Waals surface area contributed by atoms with Crippen LogP contribution in [-0.4, -0.2) is 13.2 Å². The van der Waals surface area contributed by atoms with Gasteiger partial charge in [-0.05, 0) is 49.2 Å². The van der Waals surface area contributed by atoms with E-state index in [-0.39, 0.29) is 0 Å². The summed E-state index contributed by atoms with van der Waals surface area (Å²) < 4.78 is 6.54. The highest BCUT2D eigenvalue weighted by Crippen LogP contribution is 2.21. The molecule has 2 aromatic rings. The van der Waals surface area contributed by atoms with Crippen LogP contribution in [0.15, 0.2) is 30.3 Å². The first-order valence-corrected chi connectivity index (χ1v) is 7.49. The second-order valence-electron chi connectivity index (χ2n) is 4.48. The molecule has 102 valence electrons. The Labute approximate surface area is 123 Å². The molecule has 0 spiro atoms. The normalized spacial score (nSPS) is 10.7. The number of hydrogen-bond acceptors (Lipinski definition) is 3. The van der Waals surface area contributed by atoms with Gasteiger partial charge < -0.3 is 10.1 Å². The smallest absolute Gasteiger partial charge is 0.119 e. The van der Waals surface area contributed by atoms with Crippen molar-refractivity contribution in [2.45, 2.75) is 20.4 Å². The van der Waals surface area contributed by atoms with Gasteiger partial charge in [0.15, 0.2) is 0 Å². The minimum atomic E-state index is 0.668. The summed E-state index contributed by atoms with van der Waals surface area (Å²) in [5, 5.41) is 3.34. The molecule has 0 fully saturated rings. The fourth-order valence-electron chi connectivity index (χ4n) is 1.70. The second kappa shape index (κ2) is 6.94. The monoisotopic (exact) mass is 295 g/mol. The molecule has 0 amide bonds. The minimum absolute atomic E-state index is 0.668. The molecule has 0 radical (unpaired) electrons. The van der Waals surface area contributed by atoms with Crippen LogP contribution in [0.3, 0.4) is 0 Å². The van der Waals surface area contributed by atoms with Crippen LogP contribution in [0.2, 0.25) is 4.34 Å². The van der Waals surface area contributed by atoms with Gasteiger partial charge in [-0.25, -0.2) is 0 Å². The number of benzene rings is 1. The van der Waals surface area contributed by atoms with Crippen molar-refractivity contribution in [3.8, 4) is 5.75 Å². The van der Waals surface area contributed by atoms with Crippen LogP contribution in [-0.2, 0) is 6.54 Å². The molecular weight excluding hydrogens is 278 g/mol. The summed E-state index contributed by atoms with van der Waals surface area (Å²) in [6.07, 6.45) is 0. The Morgan fingerprint density at radius 1 is 1.16 bits per heavy atom. The Balaban J connectivity index is 1.67. The molecule has 19 heavy (non-hydrogen) atoms. The van der Waals surface area contributed by atoms with Gasteiger partial charge in [-0.3, -0.25) is 0 Å². The molecule has 1 heterocycles. The van der Waals surface area contributed by atoms with E-state index >= 15 is 0 Å². The van der Waals surface area contributed by atoms with Gasteiger partial charge >= 0.3 is 0 Å². The van der Waals surface area contributed by atoms with E-state index in [4.69, 9.17) is 16.3 Å². The van der Waals surface area contributed by atoms with Crippen molar-refractivity contribution < 1.29 is 4.74 Å². The molecule has 1 aromatic heterocycles. The largest absolute Gasteiger partial charge is 0.492 e. The minimum Gasteiger partial charge on any atom is -0.492 e. The van der Waals surface area contributed by atoms with Crippen molar-refractivity contribution in [3.05, 3.63) is 50.7 Å². The Bertz CT molecular complexity index is 539. The van der Waals surface area contributed by atoms with Crippen molar-refractivity contribution in [2.24, 2.45) is 0 Å². The Kier molecular flexibility index (Phi) is 5.25. The highest BCUT2D eigenvalue weighted by atomic mass is 35.5. The zero-order valence-corrected chi connectivity index (χ0v) is 12.8. The van der Waals surface area contributed by atoms with Gasteiger partial charge in [0, 0.05) is 18.0 Å². The molecule has 0 unspecified atom stereocenters. The van der Waals surface area contributed by atoms with Gasteiger partial charge in [-0.15, -0.1) is 11.3 Å². The third kappa shape index (κ3) is 4.53. The summed E-state index contributed by atoms with van der Waals surface area (Å²) in [5.41, 5.74) is 2.55. The molecule has 0 aliphatic carbocycles. The fourth-order valence-corrected chi connectivity index (χ4v) is 2.76. The molecule has 1 N–H and O–H groups in total. The summed E-state index contributed by atoms with van der Waals surface area (Å²) in [5.74, 6) is 0.934. The average molecular weight is 296 g/mol. The maximum Gasteiger partial charge on any atom is 0.119 e. The zero-order valence-electron chi connectivity index (χ0n) is 11.2. The number of hydrogen-bond donors (Lipinski definition) is 1. The van der Waals surface area contributed by atoms with Crippen LogP contribution in [0.5, 0.6) is 5.75 Å². The first-order chi connectivity index (χ1) is 9.15. The van der Waals surface area contributed by atoms with Crippen molar-refractivity contribution in [3.63, 3.8) is 0 Å². The van der Waals surface area contributed by atoms with Crippen molar-refractivity contribution in [1.82, 2.24) is 5.32 Å². The summed E-state index contributed by atoms with van der Waals surface area (Å²) in [6.45, 7) is 6.53. The highest BCUT2D eigenvalue weighted by molar-refractivity contribution is 7.16. The van der Waals surface area contributed by atoms with E-state index in [2.05, 4.69) is 31.3 Å². The first-order valence-electron chi connectivity index (χ1n) is 6.30. The van der Waals surface area contributed by atoms with E-state index in [1.165, 1.54) is 16.0 Å². The number of thiophene rings is 1.